The molecule has 0 fully saturated rings. The first kappa shape index (κ1) is 15.0. The van der Waals surface area contributed by atoms with Crippen LogP contribution in [0.1, 0.15) is 25.0 Å². The second-order valence-electron chi connectivity index (χ2n) is 6.84. The lowest BCUT2D eigenvalue weighted by atomic mass is 9.89. The van der Waals surface area contributed by atoms with Gasteiger partial charge in [0, 0.05) is 0 Å². The van der Waals surface area contributed by atoms with Gasteiger partial charge in [-0.2, -0.15) is 0 Å². The smallest absolute Gasteiger partial charge is 0.00300 e. The molecule has 0 aliphatic heterocycles. The third kappa shape index (κ3) is 2.59. The molecule has 0 bridgehead atoms. The van der Waals surface area contributed by atoms with Crippen LogP contribution >= 0.6 is 0 Å². The van der Waals surface area contributed by atoms with Crippen molar-refractivity contribution in [3.05, 3.63) is 89.5 Å². The second-order valence-corrected chi connectivity index (χ2v) is 6.84. The Bertz CT molecular complexity index is 884. The van der Waals surface area contributed by atoms with E-state index in [9.17, 15) is 0 Å². The van der Waals surface area contributed by atoms with E-state index >= 15 is 0 Å². The minimum atomic E-state index is 0.598. The zero-order valence-corrected chi connectivity index (χ0v) is 14.3. The van der Waals surface area contributed by atoms with E-state index in [1.165, 1.54) is 39.0 Å². The van der Waals surface area contributed by atoms with Gasteiger partial charge < -0.3 is 0 Å². The molecule has 0 heteroatoms. The first-order valence-corrected chi connectivity index (χ1v) is 8.71. The monoisotopic (exact) mass is 310 g/mol. The maximum Gasteiger partial charge on any atom is -0.00300 e. The van der Waals surface area contributed by atoms with Crippen molar-refractivity contribution in [2.75, 3.05) is 0 Å². The quantitative estimate of drug-likeness (QED) is 0.510. The maximum atomic E-state index is 2.43. The molecule has 118 valence electrons. The molecule has 0 N–H and O–H groups in total. The summed E-state index contributed by atoms with van der Waals surface area (Å²) < 4.78 is 0. The Morgan fingerprint density at radius 3 is 1.96 bits per heavy atom. The summed E-state index contributed by atoms with van der Waals surface area (Å²) in [6, 6.07) is 26.1. The molecule has 0 atom stereocenters. The normalized spacial score (nSPS) is 13.0. The average molecular weight is 310 g/mol. The molecule has 0 saturated heterocycles. The van der Waals surface area contributed by atoms with Crippen molar-refractivity contribution < 1.29 is 0 Å². The van der Waals surface area contributed by atoms with Crippen LogP contribution in [-0.4, -0.2) is 0 Å². The first-order valence-electron chi connectivity index (χ1n) is 8.71. The SMILES string of the molecule is CC(C)C1=Cc2c(ccc(-c3ccccc3)c2-c2ccccc2)C1. The zero-order chi connectivity index (χ0) is 16.5. The van der Waals surface area contributed by atoms with Crippen LogP contribution in [0, 0.1) is 5.92 Å². The predicted octanol–water partition coefficient (Wildman–Crippen LogP) is 6.62. The lowest BCUT2D eigenvalue weighted by Crippen LogP contribution is -1.94. The van der Waals surface area contributed by atoms with Crippen molar-refractivity contribution in [2.45, 2.75) is 20.3 Å². The molecule has 1 aliphatic carbocycles. The van der Waals surface area contributed by atoms with Gasteiger partial charge in [0.2, 0.25) is 0 Å². The Kier molecular flexibility index (Phi) is 3.82. The van der Waals surface area contributed by atoms with Crippen LogP contribution in [0.25, 0.3) is 28.3 Å². The molecule has 1 aliphatic rings. The van der Waals surface area contributed by atoms with Crippen LogP contribution in [-0.2, 0) is 6.42 Å². The van der Waals surface area contributed by atoms with Gasteiger partial charge in [-0.05, 0) is 45.7 Å². The number of hydrogen-bond acceptors (Lipinski definition) is 0. The minimum Gasteiger partial charge on any atom is -0.0626 e. The van der Waals surface area contributed by atoms with Crippen molar-refractivity contribution in [3.63, 3.8) is 0 Å². The molecule has 24 heavy (non-hydrogen) atoms. The Hall–Kier alpha value is -2.60. The van der Waals surface area contributed by atoms with E-state index in [0.29, 0.717) is 5.92 Å². The van der Waals surface area contributed by atoms with Gasteiger partial charge in [-0.15, -0.1) is 0 Å². The van der Waals surface area contributed by atoms with Crippen LogP contribution in [0.5, 0.6) is 0 Å². The predicted molar refractivity (Wildman–Crippen MR) is 104 cm³/mol. The number of rotatable bonds is 3. The molecular weight excluding hydrogens is 288 g/mol. The summed E-state index contributed by atoms with van der Waals surface area (Å²) >= 11 is 0. The second kappa shape index (κ2) is 6.13. The van der Waals surface area contributed by atoms with Gasteiger partial charge >= 0.3 is 0 Å². The van der Waals surface area contributed by atoms with Crippen LogP contribution in [0.2, 0.25) is 0 Å². The molecule has 0 aromatic heterocycles. The average Bonchev–Trinajstić information content (AvgIpc) is 3.07. The van der Waals surface area contributed by atoms with Crippen molar-refractivity contribution in [3.8, 4) is 22.3 Å². The van der Waals surface area contributed by atoms with E-state index in [0.717, 1.165) is 6.42 Å². The van der Waals surface area contributed by atoms with Crippen molar-refractivity contribution in [1.82, 2.24) is 0 Å². The van der Waals surface area contributed by atoms with E-state index in [-0.39, 0.29) is 0 Å². The highest BCUT2D eigenvalue weighted by Crippen LogP contribution is 2.42. The largest absolute Gasteiger partial charge is 0.0626 e. The summed E-state index contributed by atoms with van der Waals surface area (Å²) in [5.41, 5.74) is 9.67. The number of allylic oxidation sites excluding steroid dienone is 1. The highest BCUT2D eigenvalue weighted by atomic mass is 14.2. The topological polar surface area (TPSA) is 0 Å². The molecule has 0 saturated carbocycles. The summed E-state index contributed by atoms with van der Waals surface area (Å²) in [5, 5.41) is 0. The Labute approximate surface area is 144 Å². The van der Waals surface area contributed by atoms with E-state index < -0.39 is 0 Å². The summed E-state index contributed by atoms with van der Waals surface area (Å²) in [6.45, 7) is 4.58. The number of fused-ring (bicyclic) bond motifs is 1. The Balaban J connectivity index is 1.99. The van der Waals surface area contributed by atoms with Crippen LogP contribution in [0.4, 0.5) is 0 Å². The van der Waals surface area contributed by atoms with Gasteiger partial charge in [-0.3, -0.25) is 0 Å². The van der Waals surface area contributed by atoms with Crippen LogP contribution in [0.15, 0.2) is 78.4 Å². The minimum absolute atomic E-state index is 0.598. The summed E-state index contributed by atoms with van der Waals surface area (Å²) in [6.07, 6.45) is 3.51. The molecule has 0 heterocycles. The van der Waals surface area contributed by atoms with Gasteiger partial charge in [-0.1, -0.05) is 98.3 Å². The highest BCUT2D eigenvalue weighted by Gasteiger charge is 2.21. The lowest BCUT2D eigenvalue weighted by molar-refractivity contribution is 0.754. The van der Waals surface area contributed by atoms with Crippen LogP contribution in [0.3, 0.4) is 0 Å². The molecule has 3 aromatic carbocycles. The van der Waals surface area contributed by atoms with Crippen molar-refractivity contribution >= 4 is 6.08 Å². The lowest BCUT2D eigenvalue weighted by Gasteiger charge is -2.15. The third-order valence-electron chi connectivity index (χ3n) is 4.95. The maximum absolute atomic E-state index is 2.43. The fraction of sp³-hybridized carbons (Fsp3) is 0.167. The first-order chi connectivity index (χ1) is 11.7. The van der Waals surface area contributed by atoms with Gasteiger partial charge in [0.25, 0.3) is 0 Å². The van der Waals surface area contributed by atoms with Gasteiger partial charge in [-0.25, -0.2) is 0 Å². The molecule has 0 nitrogen and oxygen atoms in total. The van der Waals surface area contributed by atoms with Crippen molar-refractivity contribution in [1.29, 1.82) is 0 Å². The van der Waals surface area contributed by atoms with E-state index in [4.69, 9.17) is 0 Å². The van der Waals surface area contributed by atoms with Gasteiger partial charge in [0.05, 0.1) is 0 Å². The molecular formula is C24H22. The standard InChI is InChI=1S/C24H22/c1-17(2)21-15-20-13-14-22(18-9-5-3-6-10-18)24(23(20)16-21)19-11-7-4-8-12-19/h3-14,16-17H,15H2,1-2H3. The Morgan fingerprint density at radius 2 is 1.33 bits per heavy atom. The fourth-order valence-electron chi connectivity index (χ4n) is 3.58. The summed E-state index contributed by atoms with van der Waals surface area (Å²) in [7, 11) is 0. The molecule has 0 amide bonds. The molecule has 4 rings (SSSR count). The van der Waals surface area contributed by atoms with Crippen LogP contribution < -0.4 is 0 Å². The number of benzene rings is 3. The molecule has 0 spiro atoms. The van der Waals surface area contributed by atoms with Gasteiger partial charge in [0.1, 0.15) is 0 Å². The fourth-order valence-corrected chi connectivity index (χ4v) is 3.58. The highest BCUT2D eigenvalue weighted by molar-refractivity contribution is 5.92. The molecule has 3 aromatic rings. The summed E-state index contributed by atoms with van der Waals surface area (Å²) in [5.74, 6) is 0.598. The van der Waals surface area contributed by atoms with E-state index in [1.54, 1.807) is 0 Å². The zero-order valence-electron chi connectivity index (χ0n) is 14.3. The Morgan fingerprint density at radius 1 is 0.708 bits per heavy atom. The third-order valence-corrected chi connectivity index (χ3v) is 4.95. The molecule has 0 radical (unpaired) electrons. The van der Waals surface area contributed by atoms with E-state index in [1.807, 2.05) is 0 Å². The van der Waals surface area contributed by atoms with Crippen molar-refractivity contribution in [2.24, 2.45) is 5.92 Å². The van der Waals surface area contributed by atoms with Gasteiger partial charge in [0.15, 0.2) is 0 Å². The number of hydrogen-bond donors (Lipinski definition) is 0. The molecule has 0 unspecified atom stereocenters. The summed E-state index contributed by atoms with van der Waals surface area (Å²) in [4.78, 5) is 0. The van der Waals surface area contributed by atoms with E-state index in [2.05, 4.69) is 92.7 Å².